The van der Waals surface area contributed by atoms with Crippen LogP contribution in [-0.4, -0.2) is 158 Å². The minimum atomic E-state index is -0.596. The van der Waals surface area contributed by atoms with Crippen molar-refractivity contribution in [3.8, 4) is 103 Å². The number of ether oxygens (including phenoxy) is 1. The van der Waals surface area contributed by atoms with Gasteiger partial charge < -0.3 is 55.6 Å². The van der Waals surface area contributed by atoms with E-state index in [9.17, 15) is 19.2 Å². The van der Waals surface area contributed by atoms with Crippen LogP contribution < -0.4 is 22.9 Å². The molecular weight excluding hydrogens is 1520 g/mol. The minimum absolute atomic E-state index is 0. The van der Waals surface area contributed by atoms with Gasteiger partial charge in [-0.25, -0.2) is 44.7 Å². The molecule has 0 spiro atoms. The molecule has 3 amide bonds. The fourth-order valence-electron chi connectivity index (χ4n) is 9.66. The fraction of sp³-hybridized carbons (Fsp3) is 0.135. The molecule has 0 atom stereocenters. The van der Waals surface area contributed by atoms with Gasteiger partial charge in [-0.1, -0.05) is 112 Å². The van der Waals surface area contributed by atoms with Crippen LogP contribution in [0.15, 0.2) is 195 Å². The summed E-state index contributed by atoms with van der Waals surface area (Å²) in [7, 11) is 11.5. The number of aryl methyl sites for hydroxylation is 1. The Morgan fingerprint density at radius 2 is 0.810 bits per heavy atom. The Morgan fingerprint density at radius 3 is 1.19 bits per heavy atom. The van der Waals surface area contributed by atoms with Crippen molar-refractivity contribution in [2.75, 3.05) is 72.3 Å². The lowest BCUT2D eigenvalue weighted by atomic mass is 10.1. The quantitative estimate of drug-likeness (QED) is 0.0547. The molecular formula is C74H69BrIN21O8. The number of carbonyl (C=O) groups excluding carboxylic acids is 4. The third kappa shape index (κ3) is 18.2. The number of amides is 3. The normalized spacial score (nSPS) is 10.5. The van der Waals surface area contributed by atoms with Crippen LogP contribution in [0.1, 0.15) is 67.0 Å². The summed E-state index contributed by atoms with van der Waals surface area (Å²) in [5.41, 5.74) is 34.7. The van der Waals surface area contributed by atoms with E-state index in [1.54, 1.807) is 115 Å². The number of nitrogens with two attached hydrogens (primary N) is 4. The Hall–Kier alpha value is -12.9. The lowest BCUT2D eigenvalue weighted by Gasteiger charge is -2.10. The Morgan fingerprint density at radius 1 is 0.467 bits per heavy atom. The number of esters is 1. The first kappa shape index (κ1) is 76.3. The van der Waals surface area contributed by atoms with E-state index in [4.69, 9.17) is 36.2 Å². The molecule has 13 aromatic rings. The smallest absolute Gasteiger partial charge is 0.360 e. The van der Waals surface area contributed by atoms with Gasteiger partial charge in [0.1, 0.15) is 4.60 Å². The number of nitrogen functional groups attached to an aromatic ring is 4. The van der Waals surface area contributed by atoms with Crippen LogP contribution in [0.3, 0.4) is 0 Å². The maximum absolute atomic E-state index is 12.1. The largest absolute Gasteiger partial charge is 0.464 e. The van der Waals surface area contributed by atoms with E-state index in [-0.39, 0.29) is 71.8 Å². The summed E-state index contributed by atoms with van der Waals surface area (Å²) < 4.78 is 23.4. The monoisotopic (exact) mass is 1590 g/mol. The van der Waals surface area contributed by atoms with Crippen LogP contribution in [0.2, 0.25) is 0 Å². The molecule has 13 rings (SSSR count). The predicted octanol–water partition coefficient (Wildman–Crippen LogP) is 12.5. The van der Waals surface area contributed by atoms with Gasteiger partial charge in [-0.2, -0.15) is 0 Å². The summed E-state index contributed by atoms with van der Waals surface area (Å²) >= 11 is 5.27. The van der Waals surface area contributed by atoms with Gasteiger partial charge in [0, 0.05) is 90.4 Å². The summed E-state index contributed by atoms with van der Waals surface area (Å²) in [6, 6.07) is 44.5. The van der Waals surface area contributed by atoms with E-state index in [0.29, 0.717) is 73.1 Å². The summed E-state index contributed by atoms with van der Waals surface area (Å²) in [6.45, 7) is 5.88. The minimum Gasteiger partial charge on any atom is -0.464 e. The van der Waals surface area contributed by atoms with E-state index in [1.807, 2.05) is 97.1 Å². The molecule has 0 bridgehead atoms. The summed E-state index contributed by atoms with van der Waals surface area (Å²) in [6.07, 6.45) is 8.67. The molecule has 0 unspecified atom stereocenters. The topological polar surface area (TPSA) is 411 Å². The standard InChI is InChI=1S/C23H22N6O2.C23H20N6O2.C21H17IN6O2.C6H6BrN3O2.CH4/c2*1-4-14-7-5-6-8-17(14)21-27-28-22(31-21)19-20(24)25-13-18(26-19)15-9-11-16(12-10-15)23(30)29(2)3;1-28(2)21(29)13-9-7-12(8-10-13)16-11-24-18(23)17(25-16)20-27-26-19(30-20)14-5-3-4-6-15(14)22;1-12-6(11)4-5(8)9-2-3(7)10-4;/h5-13H,4H2,1-3H3,(H2,24,25);4-13H,1H2,2-3H3,(H2,24,25);3-11H,1-2H3,(H2,23,24);2H,1H3,(H2,8,9);1H4. The summed E-state index contributed by atoms with van der Waals surface area (Å²) in [5.74, 6) is 1.50. The Kier molecular flexibility index (Phi) is 25.2. The lowest BCUT2D eigenvalue weighted by Crippen LogP contribution is -2.21. The van der Waals surface area contributed by atoms with Gasteiger partial charge >= 0.3 is 5.97 Å². The first-order chi connectivity index (χ1) is 50.0. The molecule has 532 valence electrons. The molecule has 6 aromatic carbocycles. The number of nitrogens with zero attached hydrogens (tertiary/aromatic N) is 17. The molecule has 8 N–H and O–H groups in total. The fourth-order valence-corrected chi connectivity index (χ4v) is 10.6. The molecule has 105 heavy (non-hydrogen) atoms. The van der Waals surface area contributed by atoms with Crippen molar-refractivity contribution in [3.05, 3.63) is 219 Å². The highest BCUT2D eigenvalue weighted by molar-refractivity contribution is 14.1. The highest BCUT2D eigenvalue weighted by Crippen LogP contribution is 2.34. The molecule has 29 nitrogen and oxygen atoms in total. The molecule has 7 aromatic heterocycles. The van der Waals surface area contributed by atoms with Crippen molar-refractivity contribution in [2.45, 2.75) is 20.8 Å². The van der Waals surface area contributed by atoms with Gasteiger partial charge in [0.25, 0.3) is 35.4 Å². The Bertz CT molecular complexity index is 5260. The maximum atomic E-state index is 12.1. The number of hydrogen-bond donors (Lipinski definition) is 4. The van der Waals surface area contributed by atoms with Crippen molar-refractivity contribution >= 4 is 91.6 Å². The summed E-state index contributed by atoms with van der Waals surface area (Å²) in [4.78, 5) is 85.7. The highest BCUT2D eigenvalue weighted by atomic mass is 127. The molecule has 0 aliphatic rings. The van der Waals surface area contributed by atoms with Gasteiger partial charge in [0.2, 0.25) is 17.7 Å². The molecule has 0 aliphatic carbocycles. The van der Waals surface area contributed by atoms with Crippen molar-refractivity contribution in [1.29, 1.82) is 0 Å². The number of benzene rings is 6. The van der Waals surface area contributed by atoms with Crippen molar-refractivity contribution in [3.63, 3.8) is 0 Å². The predicted molar refractivity (Wildman–Crippen MR) is 410 cm³/mol. The SMILES string of the molecule is C.C=Cc1ccccc1-c1nnc(-c2nc(-c3ccc(C(=O)N(C)C)cc3)cnc2N)o1.CCc1ccccc1-c1nnc(-c2nc(-c3ccc(C(=O)N(C)C)cc3)cnc2N)o1.CN(C)C(=O)c1ccc(-c2cnc(N)c(-c3nnc(-c4ccccc4I)o3)n2)cc1.COC(=O)c1nc(Br)cnc1N. The molecule has 0 aliphatic heterocycles. The van der Waals surface area contributed by atoms with Crippen molar-refractivity contribution in [2.24, 2.45) is 0 Å². The van der Waals surface area contributed by atoms with Gasteiger partial charge in [-0.05, 0) is 117 Å². The maximum Gasteiger partial charge on any atom is 0.360 e. The second-order valence-corrected chi connectivity index (χ2v) is 24.7. The number of rotatable bonds is 15. The van der Waals surface area contributed by atoms with Gasteiger partial charge in [-0.15, -0.1) is 30.6 Å². The number of aromatic nitrogens is 14. The molecule has 31 heteroatoms. The molecule has 0 saturated heterocycles. The molecule has 0 saturated carbocycles. The number of anilines is 4. The lowest BCUT2D eigenvalue weighted by molar-refractivity contribution is 0.0594. The zero-order chi connectivity index (χ0) is 74.3. The highest BCUT2D eigenvalue weighted by Gasteiger charge is 2.23. The molecule has 7 heterocycles. The first-order valence-corrected chi connectivity index (χ1v) is 33.2. The Balaban J connectivity index is 0.000000168. The van der Waals surface area contributed by atoms with Crippen molar-refractivity contribution < 1.29 is 37.2 Å². The van der Waals surface area contributed by atoms with Crippen LogP contribution in [-0.2, 0) is 11.2 Å². The average molecular weight is 1590 g/mol. The molecule has 0 fully saturated rings. The molecule has 0 radical (unpaired) electrons. The number of carbonyl (C=O) groups is 4. The number of methoxy groups -OCH3 is 1. The third-order valence-electron chi connectivity index (χ3n) is 15.1. The number of halogens is 2. The van der Waals surface area contributed by atoms with E-state index in [2.05, 4.69) is 127 Å². The second-order valence-electron chi connectivity index (χ2n) is 22.7. The second kappa shape index (κ2) is 34.6. The Labute approximate surface area is 624 Å². The van der Waals surface area contributed by atoms with Crippen LogP contribution in [0.5, 0.6) is 0 Å². The first-order valence-electron chi connectivity index (χ1n) is 31.3. The van der Waals surface area contributed by atoms with Crippen molar-refractivity contribution in [1.82, 2.24) is 85.2 Å². The number of hydrogen-bond acceptors (Lipinski definition) is 26. The van der Waals surface area contributed by atoms with E-state index in [0.717, 1.165) is 54.5 Å². The van der Waals surface area contributed by atoms with E-state index >= 15 is 0 Å². The van der Waals surface area contributed by atoms with Crippen LogP contribution in [0.25, 0.3) is 109 Å². The van der Waals surface area contributed by atoms with Crippen LogP contribution in [0, 0.1) is 3.57 Å². The third-order valence-corrected chi connectivity index (χ3v) is 16.4. The summed E-state index contributed by atoms with van der Waals surface area (Å²) in [5, 5.41) is 24.8. The zero-order valence-corrected chi connectivity index (χ0v) is 60.8. The van der Waals surface area contributed by atoms with Gasteiger partial charge in [0.15, 0.2) is 46.0 Å². The van der Waals surface area contributed by atoms with E-state index in [1.165, 1.54) is 28.0 Å². The van der Waals surface area contributed by atoms with Crippen LogP contribution >= 0.6 is 38.5 Å². The average Bonchev–Trinajstić information content (AvgIpc) is 1.79. The van der Waals surface area contributed by atoms with Crippen LogP contribution in [0.4, 0.5) is 23.3 Å². The van der Waals surface area contributed by atoms with E-state index < -0.39 is 5.97 Å². The zero-order valence-electron chi connectivity index (χ0n) is 57.1. The van der Waals surface area contributed by atoms with Gasteiger partial charge in [0.05, 0.1) is 54.5 Å². The van der Waals surface area contributed by atoms with Gasteiger partial charge in [-0.3, -0.25) is 14.4 Å².